The van der Waals surface area contributed by atoms with Gasteiger partial charge in [-0.05, 0) is 54.2 Å². The zero-order valence-electron chi connectivity index (χ0n) is 20.3. The lowest BCUT2D eigenvalue weighted by Crippen LogP contribution is -2.47. The van der Waals surface area contributed by atoms with E-state index < -0.39 is 41.4 Å². The predicted molar refractivity (Wildman–Crippen MR) is 129 cm³/mol. The van der Waals surface area contributed by atoms with Crippen molar-refractivity contribution in [1.29, 1.82) is 0 Å². The van der Waals surface area contributed by atoms with E-state index in [1.165, 1.54) is 43.5 Å². The molecule has 2 unspecified atom stereocenters. The van der Waals surface area contributed by atoms with Gasteiger partial charge in [0.05, 0.1) is 12.7 Å². The van der Waals surface area contributed by atoms with Gasteiger partial charge < -0.3 is 14.9 Å². The number of aliphatic carboxylic acids is 1. The summed E-state index contributed by atoms with van der Waals surface area (Å²) in [5.41, 5.74) is -1.66. The third-order valence-corrected chi connectivity index (χ3v) is 6.37. The first-order valence-corrected chi connectivity index (χ1v) is 11.6. The van der Waals surface area contributed by atoms with E-state index in [1.807, 2.05) is 13.8 Å². The maximum absolute atomic E-state index is 13.4. The molecule has 1 aliphatic carbocycles. The van der Waals surface area contributed by atoms with Crippen LogP contribution in [0, 0.1) is 11.8 Å². The molecular formula is C28H29F3O5. The van der Waals surface area contributed by atoms with Crippen LogP contribution in [0.4, 0.5) is 13.2 Å². The smallest absolute Gasteiger partial charge is 0.416 e. The number of allylic oxidation sites excluding steroid dienone is 1. The molecule has 0 spiro atoms. The number of Topliss-reactive ketones (excluding diaryl/α,β-unsaturated/α-hetero) is 1. The number of halogens is 3. The average molecular weight is 503 g/mol. The summed E-state index contributed by atoms with van der Waals surface area (Å²) in [5, 5.41) is 21.5. The average Bonchev–Trinajstić information content (AvgIpc) is 2.82. The Morgan fingerprint density at radius 3 is 2.31 bits per heavy atom. The molecule has 2 N–H and O–H groups in total. The molecule has 0 bridgehead atoms. The molecule has 3 rings (SSSR count). The van der Waals surface area contributed by atoms with Crippen molar-refractivity contribution < 1.29 is 37.7 Å². The summed E-state index contributed by atoms with van der Waals surface area (Å²) >= 11 is 0. The van der Waals surface area contributed by atoms with Gasteiger partial charge in [0.25, 0.3) is 0 Å². The molecule has 0 saturated heterocycles. The van der Waals surface area contributed by atoms with Crippen LogP contribution < -0.4 is 0 Å². The second-order valence-electron chi connectivity index (χ2n) is 9.34. The Bertz CT molecular complexity index is 1200. The van der Waals surface area contributed by atoms with Crippen molar-refractivity contribution in [2.24, 2.45) is 11.8 Å². The Labute approximate surface area is 207 Å². The normalized spacial score (nSPS) is 20.1. The highest BCUT2D eigenvalue weighted by atomic mass is 19.4. The molecule has 2 aromatic rings. The van der Waals surface area contributed by atoms with Gasteiger partial charge >= 0.3 is 12.1 Å². The number of carboxylic acid groups (broad SMARTS) is 1. The van der Waals surface area contributed by atoms with Gasteiger partial charge in [0, 0.05) is 17.6 Å². The van der Waals surface area contributed by atoms with E-state index in [0.717, 1.165) is 12.1 Å². The van der Waals surface area contributed by atoms with E-state index in [4.69, 9.17) is 4.74 Å². The molecule has 0 fully saturated rings. The van der Waals surface area contributed by atoms with Crippen LogP contribution in [0.15, 0.2) is 72.0 Å². The van der Waals surface area contributed by atoms with Gasteiger partial charge in [-0.2, -0.15) is 13.2 Å². The number of hydrogen-bond acceptors (Lipinski definition) is 4. The number of alkyl halides is 3. The molecule has 2 atom stereocenters. The van der Waals surface area contributed by atoms with Crippen LogP contribution in [0.5, 0.6) is 0 Å². The Hall–Kier alpha value is -3.39. The van der Waals surface area contributed by atoms with Crippen molar-refractivity contribution in [3.63, 3.8) is 0 Å². The number of benzene rings is 2. The van der Waals surface area contributed by atoms with Gasteiger partial charge in [0.2, 0.25) is 0 Å². The Morgan fingerprint density at radius 2 is 1.72 bits per heavy atom. The first-order valence-electron chi connectivity index (χ1n) is 11.6. The maximum atomic E-state index is 13.4. The molecule has 0 aliphatic heterocycles. The van der Waals surface area contributed by atoms with Crippen molar-refractivity contribution in [2.45, 2.75) is 44.9 Å². The Morgan fingerprint density at radius 1 is 1.08 bits per heavy atom. The van der Waals surface area contributed by atoms with Gasteiger partial charge in [0.1, 0.15) is 17.3 Å². The standard InChI is InChI=1S/C28H29F3O5/c1-17(2)10-11-22-25(36-3)13-12-23(26(33)34)27(22,35)16-24(32)20-8-4-6-18(14-20)19-7-5-9-21(15-19)28(29,30)31/h4-9,12-15,17,23,35H,10-11,16H2,1-3H3,(H,33,34). The maximum Gasteiger partial charge on any atom is 0.416 e. The topological polar surface area (TPSA) is 83.8 Å². The quantitative estimate of drug-likeness (QED) is 0.394. The number of ether oxygens (including phenoxy) is 1. The summed E-state index contributed by atoms with van der Waals surface area (Å²) in [6, 6.07) is 10.8. The molecule has 0 heterocycles. The lowest BCUT2D eigenvalue weighted by molar-refractivity contribution is -0.147. The molecule has 1 aliphatic rings. The molecule has 36 heavy (non-hydrogen) atoms. The first-order chi connectivity index (χ1) is 16.9. The fourth-order valence-electron chi connectivity index (χ4n) is 4.41. The highest BCUT2D eigenvalue weighted by Crippen LogP contribution is 2.41. The van der Waals surface area contributed by atoms with Crippen molar-refractivity contribution >= 4 is 11.8 Å². The summed E-state index contributed by atoms with van der Waals surface area (Å²) in [7, 11) is 1.41. The minimum absolute atomic E-state index is 0.152. The lowest BCUT2D eigenvalue weighted by atomic mass is 9.71. The number of carbonyl (C=O) groups is 2. The first kappa shape index (κ1) is 27.2. The number of methoxy groups -OCH3 is 1. The van der Waals surface area contributed by atoms with E-state index in [1.54, 1.807) is 12.1 Å². The second kappa shape index (κ2) is 10.7. The molecular weight excluding hydrogens is 473 g/mol. The number of carboxylic acids is 1. The van der Waals surface area contributed by atoms with Crippen molar-refractivity contribution in [2.75, 3.05) is 7.11 Å². The molecule has 0 radical (unpaired) electrons. The van der Waals surface area contributed by atoms with E-state index in [9.17, 15) is 33.0 Å². The minimum atomic E-state index is -4.51. The Kier molecular flexibility index (Phi) is 8.09. The molecule has 5 nitrogen and oxygen atoms in total. The van der Waals surface area contributed by atoms with Crippen molar-refractivity contribution in [3.8, 4) is 11.1 Å². The highest BCUT2D eigenvalue weighted by molar-refractivity contribution is 5.98. The third-order valence-electron chi connectivity index (χ3n) is 6.37. The molecule has 0 amide bonds. The summed E-state index contributed by atoms with van der Waals surface area (Å²) in [5.74, 6) is -2.61. The van der Waals surface area contributed by atoms with Crippen molar-refractivity contribution in [3.05, 3.63) is 83.1 Å². The van der Waals surface area contributed by atoms with Crippen LogP contribution in [-0.4, -0.2) is 34.7 Å². The van der Waals surface area contributed by atoms with E-state index >= 15 is 0 Å². The summed E-state index contributed by atoms with van der Waals surface area (Å²) in [6.07, 6.45) is -1.24. The number of rotatable bonds is 9. The SMILES string of the molecule is COC1=C(CCC(C)C)C(O)(CC(=O)c2cccc(-c3cccc(C(F)(F)F)c3)c2)C(C(=O)O)C=C1. The third kappa shape index (κ3) is 5.87. The van der Waals surface area contributed by atoms with Crippen LogP contribution in [0.25, 0.3) is 11.1 Å². The van der Waals surface area contributed by atoms with E-state index in [-0.39, 0.29) is 17.0 Å². The molecule has 0 saturated carbocycles. The number of hydrogen-bond donors (Lipinski definition) is 2. The molecule has 8 heteroatoms. The molecule has 0 aromatic heterocycles. The number of carbonyl (C=O) groups excluding carboxylic acids is 1. The summed E-state index contributed by atoms with van der Waals surface area (Å²) in [6.45, 7) is 3.98. The monoisotopic (exact) mass is 502 g/mol. The largest absolute Gasteiger partial charge is 0.497 e. The molecule has 192 valence electrons. The summed E-state index contributed by atoms with van der Waals surface area (Å²) < 4.78 is 44.9. The van der Waals surface area contributed by atoms with E-state index in [0.29, 0.717) is 29.7 Å². The van der Waals surface area contributed by atoms with Crippen LogP contribution in [0.3, 0.4) is 0 Å². The van der Waals surface area contributed by atoms with Crippen LogP contribution in [0.1, 0.15) is 49.0 Å². The van der Waals surface area contributed by atoms with Crippen LogP contribution in [-0.2, 0) is 15.7 Å². The second-order valence-corrected chi connectivity index (χ2v) is 9.34. The molecule has 2 aromatic carbocycles. The summed E-state index contributed by atoms with van der Waals surface area (Å²) in [4.78, 5) is 25.4. The van der Waals surface area contributed by atoms with Gasteiger partial charge in [-0.25, -0.2) is 0 Å². The Balaban J connectivity index is 1.98. The minimum Gasteiger partial charge on any atom is -0.497 e. The lowest BCUT2D eigenvalue weighted by Gasteiger charge is -2.38. The number of aliphatic hydroxyl groups is 1. The van der Waals surface area contributed by atoms with Gasteiger partial charge in [-0.15, -0.1) is 0 Å². The van der Waals surface area contributed by atoms with Crippen molar-refractivity contribution in [1.82, 2.24) is 0 Å². The van der Waals surface area contributed by atoms with Gasteiger partial charge in [0.15, 0.2) is 5.78 Å². The van der Waals surface area contributed by atoms with E-state index in [2.05, 4.69) is 0 Å². The fourth-order valence-corrected chi connectivity index (χ4v) is 4.41. The zero-order chi connectivity index (χ0) is 26.7. The number of ketones is 1. The highest BCUT2D eigenvalue weighted by Gasteiger charge is 2.48. The predicted octanol–water partition coefficient (Wildman–Crippen LogP) is 6.28. The fraction of sp³-hybridized carbons (Fsp3) is 0.357. The van der Waals surface area contributed by atoms with Crippen LogP contribution in [0.2, 0.25) is 0 Å². The van der Waals surface area contributed by atoms with Gasteiger partial charge in [-0.1, -0.05) is 50.3 Å². The van der Waals surface area contributed by atoms with Gasteiger partial charge in [-0.3, -0.25) is 9.59 Å². The van der Waals surface area contributed by atoms with Crippen LogP contribution >= 0.6 is 0 Å². The zero-order valence-corrected chi connectivity index (χ0v) is 20.3.